The van der Waals surface area contributed by atoms with Crippen LogP contribution in [0.15, 0.2) is 42.6 Å². The van der Waals surface area contributed by atoms with Gasteiger partial charge in [-0.05, 0) is 24.8 Å². The largest absolute Gasteiger partial charge is 0.493 e. The van der Waals surface area contributed by atoms with Crippen LogP contribution in [0.5, 0.6) is 11.5 Å². The number of benzene rings is 1. The lowest BCUT2D eigenvalue weighted by Gasteiger charge is -2.30. The van der Waals surface area contributed by atoms with Crippen LogP contribution in [0.25, 0.3) is 0 Å². The van der Waals surface area contributed by atoms with Crippen LogP contribution in [0.1, 0.15) is 43.7 Å². The number of esters is 3. The third-order valence-corrected chi connectivity index (χ3v) is 6.14. The van der Waals surface area contributed by atoms with Crippen molar-refractivity contribution in [1.82, 2.24) is 10.3 Å². The Kier molecular flexibility index (Phi) is 11.5. The highest BCUT2D eigenvalue weighted by Crippen LogP contribution is 2.30. The lowest BCUT2D eigenvalue weighted by atomic mass is 9.91. The number of ether oxygens (including phenoxy) is 6. The molecule has 222 valence electrons. The molecule has 0 spiro atoms. The lowest BCUT2D eigenvalue weighted by molar-refractivity contribution is -0.165. The van der Waals surface area contributed by atoms with E-state index in [9.17, 15) is 19.2 Å². The van der Waals surface area contributed by atoms with Gasteiger partial charge in [-0.25, -0.2) is 9.78 Å². The molecule has 2 heterocycles. The van der Waals surface area contributed by atoms with E-state index in [1.54, 1.807) is 6.92 Å². The third-order valence-electron chi connectivity index (χ3n) is 6.14. The minimum absolute atomic E-state index is 0.111. The van der Waals surface area contributed by atoms with Crippen molar-refractivity contribution >= 4 is 23.8 Å². The average molecular weight is 573 g/mol. The van der Waals surface area contributed by atoms with Gasteiger partial charge in [0, 0.05) is 25.8 Å². The fraction of sp³-hybridized carbons (Fsp3) is 0.483. The smallest absolute Gasteiger partial charge is 0.332 e. The predicted molar refractivity (Wildman–Crippen MR) is 144 cm³/mol. The zero-order valence-corrected chi connectivity index (χ0v) is 23.8. The molecule has 0 radical (unpaired) electrons. The minimum atomic E-state index is -1.36. The number of hydrogen-bond donors (Lipinski definition) is 1. The van der Waals surface area contributed by atoms with Crippen molar-refractivity contribution < 1.29 is 47.6 Å². The Bertz CT molecular complexity index is 1200. The molecule has 4 atom stereocenters. The van der Waals surface area contributed by atoms with E-state index in [1.807, 2.05) is 44.2 Å². The van der Waals surface area contributed by atoms with Crippen LogP contribution in [0.4, 0.5) is 0 Å². The number of nitrogens with one attached hydrogen (secondary N) is 1. The molecule has 0 aliphatic carbocycles. The Morgan fingerprint density at radius 1 is 1.12 bits per heavy atom. The topological polar surface area (TPSA) is 149 Å². The third kappa shape index (κ3) is 8.90. The fourth-order valence-electron chi connectivity index (χ4n) is 4.15. The van der Waals surface area contributed by atoms with E-state index >= 15 is 0 Å². The van der Waals surface area contributed by atoms with Gasteiger partial charge < -0.3 is 33.7 Å². The van der Waals surface area contributed by atoms with Crippen molar-refractivity contribution in [1.29, 1.82) is 0 Å². The summed E-state index contributed by atoms with van der Waals surface area (Å²) in [5.41, 5.74) is 0.643. The molecule has 1 aliphatic rings. The van der Waals surface area contributed by atoms with Crippen molar-refractivity contribution in [2.45, 2.75) is 52.4 Å². The van der Waals surface area contributed by atoms with Crippen LogP contribution in [0.3, 0.4) is 0 Å². The molecule has 41 heavy (non-hydrogen) atoms. The van der Waals surface area contributed by atoms with Gasteiger partial charge in [-0.1, -0.05) is 44.2 Å². The first-order valence-corrected chi connectivity index (χ1v) is 13.2. The second-order valence-electron chi connectivity index (χ2n) is 9.88. The first-order valence-electron chi connectivity index (χ1n) is 13.2. The van der Waals surface area contributed by atoms with Gasteiger partial charge in [0.2, 0.25) is 6.79 Å². The molecule has 1 N–H and O–H groups in total. The van der Waals surface area contributed by atoms with E-state index in [4.69, 9.17) is 28.4 Å². The molecule has 1 saturated heterocycles. The molecule has 3 rings (SSSR count). The Morgan fingerprint density at radius 3 is 2.51 bits per heavy atom. The van der Waals surface area contributed by atoms with Crippen molar-refractivity contribution in [3.8, 4) is 11.5 Å². The molecule has 1 aromatic heterocycles. The van der Waals surface area contributed by atoms with Gasteiger partial charge in [0.1, 0.15) is 18.8 Å². The molecular formula is C29H36N2O10. The lowest BCUT2D eigenvalue weighted by Crippen LogP contribution is -2.46. The number of carbonyl (C=O) groups is 4. The average Bonchev–Trinajstić information content (AvgIpc) is 2.97. The van der Waals surface area contributed by atoms with Gasteiger partial charge in [-0.3, -0.25) is 14.4 Å². The maximum atomic E-state index is 13.4. The van der Waals surface area contributed by atoms with Gasteiger partial charge in [-0.15, -0.1) is 0 Å². The summed E-state index contributed by atoms with van der Waals surface area (Å²) in [6.45, 7) is 6.14. The number of pyridine rings is 1. The maximum absolute atomic E-state index is 13.4. The van der Waals surface area contributed by atoms with Crippen LogP contribution < -0.4 is 14.8 Å². The van der Waals surface area contributed by atoms with Crippen molar-refractivity contribution in [2.75, 3.05) is 27.1 Å². The van der Waals surface area contributed by atoms with E-state index in [1.165, 1.54) is 26.3 Å². The van der Waals surface area contributed by atoms with Crippen molar-refractivity contribution in [2.24, 2.45) is 11.8 Å². The number of cyclic esters (lactones) is 2. The number of rotatable bonds is 11. The molecule has 4 unspecified atom stereocenters. The van der Waals surface area contributed by atoms with Crippen molar-refractivity contribution in [3.05, 3.63) is 53.9 Å². The number of aromatic nitrogens is 1. The Morgan fingerprint density at radius 2 is 1.85 bits per heavy atom. The second-order valence-corrected chi connectivity index (χ2v) is 9.88. The number of amides is 1. The monoisotopic (exact) mass is 572 g/mol. The summed E-state index contributed by atoms with van der Waals surface area (Å²) in [6, 6.07) is 9.48. The van der Waals surface area contributed by atoms with Crippen LogP contribution in [-0.2, 0) is 39.8 Å². The SMILES string of the molecule is COc1ccnc(C(=O)NC2COC(=O)C(Cc3ccccc3)C(OCC(C)C)C(C)OC2=O)c1OCOC(C)=O. The molecule has 0 bridgehead atoms. The summed E-state index contributed by atoms with van der Waals surface area (Å²) in [6.07, 6.45) is -0.0127. The van der Waals surface area contributed by atoms with E-state index in [0.717, 1.165) is 5.56 Å². The van der Waals surface area contributed by atoms with Crippen LogP contribution in [0, 0.1) is 11.8 Å². The number of nitrogens with zero attached hydrogens (tertiary/aromatic N) is 1. The molecule has 1 fully saturated rings. The van der Waals surface area contributed by atoms with Crippen molar-refractivity contribution in [3.63, 3.8) is 0 Å². The maximum Gasteiger partial charge on any atom is 0.332 e. The zero-order valence-electron chi connectivity index (χ0n) is 23.8. The first kappa shape index (κ1) is 31.3. The first-order chi connectivity index (χ1) is 19.6. The normalized spacial score (nSPS) is 21.0. The number of hydrogen-bond acceptors (Lipinski definition) is 11. The molecule has 12 heteroatoms. The predicted octanol–water partition coefficient (Wildman–Crippen LogP) is 2.48. The molecule has 1 amide bonds. The molecule has 2 aromatic rings. The summed E-state index contributed by atoms with van der Waals surface area (Å²) in [5.74, 6) is -3.40. The van der Waals surface area contributed by atoms with E-state index < -0.39 is 61.4 Å². The quantitative estimate of drug-likeness (QED) is 0.240. The van der Waals surface area contributed by atoms with Crippen LogP contribution >= 0.6 is 0 Å². The van der Waals surface area contributed by atoms with E-state index in [2.05, 4.69) is 10.3 Å². The Labute approximate surface area is 238 Å². The van der Waals surface area contributed by atoms with Crippen LogP contribution in [0.2, 0.25) is 0 Å². The van der Waals surface area contributed by atoms with E-state index in [0.29, 0.717) is 13.0 Å². The minimum Gasteiger partial charge on any atom is -0.493 e. The highest BCUT2D eigenvalue weighted by atomic mass is 16.7. The zero-order chi connectivity index (χ0) is 29.9. The fourth-order valence-corrected chi connectivity index (χ4v) is 4.15. The molecule has 0 saturated carbocycles. The van der Waals surface area contributed by atoms with E-state index in [-0.39, 0.29) is 23.1 Å². The summed E-state index contributed by atoms with van der Waals surface area (Å²) >= 11 is 0. The Balaban J connectivity index is 1.84. The van der Waals surface area contributed by atoms with Gasteiger partial charge >= 0.3 is 17.9 Å². The molecular weight excluding hydrogens is 536 g/mol. The molecule has 1 aliphatic heterocycles. The summed E-state index contributed by atoms with van der Waals surface area (Å²) in [4.78, 5) is 55.0. The van der Waals surface area contributed by atoms with Gasteiger partial charge in [0.15, 0.2) is 23.2 Å². The number of carbonyl (C=O) groups excluding carboxylic acids is 4. The summed E-state index contributed by atoms with van der Waals surface area (Å²) in [5, 5.41) is 2.50. The molecule has 12 nitrogen and oxygen atoms in total. The van der Waals surface area contributed by atoms with Gasteiger partial charge in [-0.2, -0.15) is 0 Å². The van der Waals surface area contributed by atoms with Crippen LogP contribution in [-0.4, -0.2) is 74.2 Å². The highest BCUT2D eigenvalue weighted by molar-refractivity contribution is 5.98. The second kappa shape index (κ2) is 15.0. The van der Waals surface area contributed by atoms with Gasteiger partial charge in [0.05, 0.1) is 13.0 Å². The summed E-state index contributed by atoms with van der Waals surface area (Å²) in [7, 11) is 1.36. The summed E-state index contributed by atoms with van der Waals surface area (Å²) < 4.78 is 32.8. The Hall–Kier alpha value is -4.19. The van der Waals surface area contributed by atoms with Gasteiger partial charge in [0.25, 0.3) is 5.91 Å². The molecule has 1 aromatic carbocycles. The standard InChI is InChI=1S/C29H36N2O10/c1-17(2)14-37-25-18(3)41-29(35)22(15-38-28(34)21(25)13-20-9-7-6-8-10-20)31-27(33)24-26(40-16-39-19(4)32)23(36-5)11-12-30-24/h6-12,17-18,21-22,25H,13-16H2,1-5H3,(H,31,33). The number of methoxy groups -OCH3 is 1. The highest BCUT2D eigenvalue weighted by Gasteiger charge is 2.40.